The summed E-state index contributed by atoms with van der Waals surface area (Å²) >= 11 is 2.74. The fourth-order valence-electron chi connectivity index (χ4n) is 3.32. The maximum Gasteiger partial charge on any atom is 0.341 e. The highest BCUT2D eigenvalue weighted by atomic mass is 32.2. The van der Waals surface area contributed by atoms with Gasteiger partial charge in [-0.15, -0.1) is 11.3 Å². The molecule has 1 fully saturated rings. The van der Waals surface area contributed by atoms with Crippen LogP contribution in [0.5, 0.6) is 0 Å². The molecule has 2 aliphatic rings. The highest BCUT2D eigenvalue weighted by Crippen LogP contribution is 2.39. The van der Waals surface area contributed by atoms with Crippen molar-refractivity contribution < 1.29 is 19.1 Å². The van der Waals surface area contributed by atoms with Crippen LogP contribution in [0.3, 0.4) is 0 Å². The van der Waals surface area contributed by atoms with E-state index >= 15 is 0 Å². The number of rotatable bonds is 5. The number of aliphatic imine (C=N–C) groups is 1. The minimum absolute atomic E-state index is 0.0394. The van der Waals surface area contributed by atoms with Crippen molar-refractivity contribution in [3.8, 4) is 0 Å². The standard InChI is InChI=1S/C18H23N3O4S2/c1-4-25-17(24)14-10-7-5-6-8-11(10)26-15(14)20-13(22)9-12-16(23)21(3)18(19-2)27-12/h12H,4-9H2,1-3H3,(H,20,22). The number of hydrogen-bond acceptors (Lipinski definition) is 7. The molecule has 1 aromatic heterocycles. The maximum absolute atomic E-state index is 12.6. The van der Waals surface area contributed by atoms with E-state index in [4.69, 9.17) is 4.74 Å². The van der Waals surface area contributed by atoms with Crippen molar-refractivity contribution in [2.24, 2.45) is 4.99 Å². The molecule has 1 atom stereocenters. The van der Waals surface area contributed by atoms with E-state index in [1.807, 2.05) is 0 Å². The molecule has 1 aliphatic carbocycles. The molecule has 1 aromatic rings. The van der Waals surface area contributed by atoms with E-state index in [1.165, 1.54) is 28.0 Å². The Labute approximate surface area is 166 Å². The zero-order valence-electron chi connectivity index (χ0n) is 15.7. The van der Waals surface area contributed by atoms with Gasteiger partial charge in [0.25, 0.3) is 0 Å². The number of thioether (sulfide) groups is 1. The van der Waals surface area contributed by atoms with Crippen LogP contribution in [0.1, 0.15) is 47.0 Å². The number of esters is 1. The van der Waals surface area contributed by atoms with Crippen molar-refractivity contribution in [3.05, 3.63) is 16.0 Å². The molecule has 1 N–H and O–H groups in total. The first-order valence-electron chi connectivity index (χ1n) is 8.98. The number of hydrogen-bond donors (Lipinski definition) is 1. The van der Waals surface area contributed by atoms with Crippen LogP contribution in [0.2, 0.25) is 0 Å². The number of nitrogens with one attached hydrogen (secondary N) is 1. The monoisotopic (exact) mass is 409 g/mol. The summed E-state index contributed by atoms with van der Waals surface area (Å²) in [6.45, 7) is 2.05. The Morgan fingerprint density at radius 1 is 1.33 bits per heavy atom. The number of amidine groups is 1. The average Bonchev–Trinajstić information content (AvgIpc) is 3.13. The number of amides is 2. The van der Waals surface area contributed by atoms with Gasteiger partial charge in [-0.3, -0.25) is 19.5 Å². The molecule has 0 radical (unpaired) electrons. The van der Waals surface area contributed by atoms with E-state index < -0.39 is 11.2 Å². The number of carbonyl (C=O) groups excluding carboxylic acids is 3. The highest BCUT2D eigenvalue weighted by molar-refractivity contribution is 8.15. The quantitative estimate of drug-likeness (QED) is 0.756. The summed E-state index contributed by atoms with van der Waals surface area (Å²) in [5.41, 5.74) is 1.50. The molecule has 1 aliphatic heterocycles. The number of fused-ring (bicyclic) bond motifs is 1. The lowest BCUT2D eigenvalue weighted by atomic mass is 9.95. The van der Waals surface area contributed by atoms with Crippen LogP contribution in [0.25, 0.3) is 0 Å². The second-order valence-electron chi connectivity index (χ2n) is 6.40. The third-order valence-electron chi connectivity index (χ3n) is 4.61. The summed E-state index contributed by atoms with van der Waals surface area (Å²) < 4.78 is 5.20. The lowest BCUT2D eigenvalue weighted by Crippen LogP contribution is -2.30. The van der Waals surface area contributed by atoms with Gasteiger partial charge in [-0.05, 0) is 38.2 Å². The fourth-order valence-corrected chi connectivity index (χ4v) is 5.71. The van der Waals surface area contributed by atoms with Gasteiger partial charge in [0.2, 0.25) is 11.8 Å². The second kappa shape index (κ2) is 8.43. The van der Waals surface area contributed by atoms with Crippen molar-refractivity contribution in [1.29, 1.82) is 0 Å². The zero-order chi connectivity index (χ0) is 19.6. The summed E-state index contributed by atoms with van der Waals surface area (Å²) in [6.07, 6.45) is 3.90. The van der Waals surface area contributed by atoms with E-state index in [1.54, 1.807) is 21.0 Å². The Balaban J connectivity index is 1.77. The molecule has 0 spiro atoms. The molecule has 9 heteroatoms. The van der Waals surface area contributed by atoms with Crippen LogP contribution in [-0.2, 0) is 27.2 Å². The Morgan fingerprint density at radius 2 is 2.07 bits per heavy atom. The number of thiophene rings is 1. The van der Waals surface area contributed by atoms with E-state index in [-0.39, 0.29) is 24.8 Å². The zero-order valence-corrected chi connectivity index (χ0v) is 17.3. The van der Waals surface area contributed by atoms with Crippen LogP contribution in [0.4, 0.5) is 5.00 Å². The molecule has 7 nitrogen and oxygen atoms in total. The molecular formula is C18H23N3O4S2. The van der Waals surface area contributed by atoms with E-state index in [0.717, 1.165) is 36.1 Å². The highest BCUT2D eigenvalue weighted by Gasteiger charge is 2.37. The van der Waals surface area contributed by atoms with Gasteiger partial charge < -0.3 is 10.1 Å². The van der Waals surface area contributed by atoms with E-state index in [9.17, 15) is 14.4 Å². The first-order valence-corrected chi connectivity index (χ1v) is 10.7. The van der Waals surface area contributed by atoms with Crippen molar-refractivity contribution in [2.75, 3.05) is 26.0 Å². The van der Waals surface area contributed by atoms with E-state index in [0.29, 0.717) is 15.7 Å². The smallest absolute Gasteiger partial charge is 0.341 e. The molecule has 3 rings (SSSR count). The lowest BCUT2D eigenvalue weighted by molar-refractivity contribution is -0.127. The predicted molar refractivity (Wildman–Crippen MR) is 108 cm³/mol. The molecule has 1 unspecified atom stereocenters. The predicted octanol–water partition coefficient (Wildman–Crippen LogP) is 2.69. The van der Waals surface area contributed by atoms with Gasteiger partial charge in [-0.25, -0.2) is 4.79 Å². The third-order valence-corrected chi connectivity index (χ3v) is 7.13. The molecule has 146 valence electrons. The second-order valence-corrected chi connectivity index (χ2v) is 8.67. The number of nitrogens with zero attached hydrogens (tertiary/aromatic N) is 2. The normalized spacial score (nSPS) is 20.7. The number of aryl methyl sites for hydroxylation is 1. The topological polar surface area (TPSA) is 88.1 Å². The first kappa shape index (κ1) is 19.9. The average molecular weight is 410 g/mol. The number of carbonyl (C=O) groups is 3. The van der Waals surface area contributed by atoms with Crippen LogP contribution in [0, 0.1) is 0 Å². The molecule has 27 heavy (non-hydrogen) atoms. The number of ether oxygens (including phenoxy) is 1. The maximum atomic E-state index is 12.6. The first-order chi connectivity index (χ1) is 13.0. The molecular weight excluding hydrogens is 386 g/mol. The van der Waals surface area contributed by atoms with Crippen molar-refractivity contribution in [2.45, 2.75) is 44.3 Å². The van der Waals surface area contributed by atoms with Crippen molar-refractivity contribution in [3.63, 3.8) is 0 Å². The van der Waals surface area contributed by atoms with Crippen LogP contribution in [-0.4, -0.2) is 53.8 Å². The van der Waals surface area contributed by atoms with Gasteiger partial charge in [0.15, 0.2) is 5.17 Å². The number of anilines is 1. The Hall–Kier alpha value is -1.87. The molecule has 0 aromatic carbocycles. The largest absolute Gasteiger partial charge is 0.462 e. The van der Waals surface area contributed by atoms with Crippen LogP contribution in [0.15, 0.2) is 4.99 Å². The molecule has 1 saturated heterocycles. The third kappa shape index (κ3) is 4.03. The van der Waals surface area contributed by atoms with Gasteiger partial charge in [-0.2, -0.15) is 0 Å². The molecule has 0 saturated carbocycles. The van der Waals surface area contributed by atoms with Crippen LogP contribution >= 0.6 is 23.1 Å². The van der Waals surface area contributed by atoms with Crippen molar-refractivity contribution >= 4 is 51.1 Å². The van der Waals surface area contributed by atoms with Gasteiger partial charge in [0.05, 0.1) is 12.2 Å². The Morgan fingerprint density at radius 3 is 2.74 bits per heavy atom. The Kier molecular flexibility index (Phi) is 6.21. The Bertz CT molecular complexity index is 803. The lowest BCUT2D eigenvalue weighted by Gasteiger charge is -2.12. The summed E-state index contributed by atoms with van der Waals surface area (Å²) in [5.74, 6) is -0.804. The summed E-state index contributed by atoms with van der Waals surface area (Å²) in [5, 5.41) is 3.51. The van der Waals surface area contributed by atoms with Crippen LogP contribution < -0.4 is 5.32 Å². The summed E-state index contributed by atoms with van der Waals surface area (Å²) in [7, 11) is 3.28. The van der Waals surface area contributed by atoms with Gasteiger partial charge in [0.1, 0.15) is 10.3 Å². The van der Waals surface area contributed by atoms with Gasteiger partial charge in [-0.1, -0.05) is 11.8 Å². The molecule has 2 amide bonds. The minimum Gasteiger partial charge on any atom is -0.462 e. The van der Waals surface area contributed by atoms with E-state index in [2.05, 4.69) is 10.3 Å². The molecule has 0 bridgehead atoms. The molecule has 2 heterocycles. The van der Waals surface area contributed by atoms with Gasteiger partial charge >= 0.3 is 5.97 Å². The SMILES string of the molecule is CCOC(=O)c1c(NC(=O)CC2SC(=NC)N(C)C2=O)sc2c1CCCC2. The summed E-state index contributed by atoms with van der Waals surface area (Å²) in [4.78, 5) is 44.0. The summed E-state index contributed by atoms with van der Waals surface area (Å²) in [6, 6.07) is 0. The minimum atomic E-state index is -0.491. The van der Waals surface area contributed by atoms with Crippen molar-refractivity contribution in [1.82, 2.24) is 4.90 Å². The van der Waals surface area contributed by atoms with Gasteiger partial charge in [0, 0.05) is 25.4 Å². The fraction of sp³-hybridized carbons (Fsp3) is 0.556.